The van der Waals surface area contributed by atoms with E-state index in [-0.39, 0.29) is 23.7 Å². The third-order valence-corrected chi connectivity index (χ3v) is 5.28. The summed E-state index contributed by atoms with van der Waals surface area (Å²) in [6, 6.07) is 1.90. The smallest absolute Gasteiger partial charge is 0.223 e. The Kier molecular flexibility index (Phi) is 7.54. The van der Waals surface area contributed by atoms with Gasteiger partial charge in [-0.25, -0.2) is 0 Å². The monoisotopic (exact) mass is 392 g/mol. The van der Waals surface area contributed by atoms with Crippen LogP contribution < -0.4 is 19.5 Å². The Bertz CT molecular complexity index is 709. The average molecular weight is 392 g/mol. The Hall–Kier alpha value is -2.44. The van der Waals surface area contributed by atoms with Crippen LogP contribution in [0.1, 0.15) is 50.7 Å². The number of piperidine rings is 1. The predicted molar refractivity (Wildman–Crippen MR) is 107 cm³/mol. The van der Waals surface area contributed by atoms with Crippen molar-refractivity contribution in [2.24, 2.45) is 5.92 Å². The maximum absolute atomic E-state index is 12.6. The van der Waals surface area contributed by atoms with Crippen molar-refractivity contribution in [1.82, 2.24) is 10.2 Å². The molecule has 1 fully saturated rings. The van der Waals surface area contributed by atoms with Crippen molar-refractivity contribution >= 4 is 11.8 Å². The summed E-state index contributed by atoms with van der Waals surface area (Å²) < 4.78 is 16.8. The zero-order valence-corrected chi connectivity index (χ0v) is 17.8. The normalized spacial score (nSPS) is 14.8. The Morgan fingerprint density at radius 2 is 1.71 bits per heavy atom. The highest BCUT2D eigenvalue weighted by Crippen LogP contribution is 2.44. The van der Waals surface area contributed by atoms with E-state index in [0.717, 1.165) is 11.1 Å². The summed E-state index contributed by atoms with van der Waals surface area (Å²) in [4.78, 5) is 25.8. The number of amides is 2. The lowest BCUT2D eigenvalue weighted by Gasteiger charge is -2.30. The minimum absolute atomic E-state index is 0.00359. The van der Waals surface area contributed by atoms with Crippen molar-refractivity contribution in [1.29, 1.82) is 0 Å². The second-order valence-electron chi connectivity index (χ2n) is 7.37. The SMILES string of the molecule is COc1cc(CNC(=O)C2CCN(C(C)=O)CC2)c(OC)c(OC)c1C(C)C. The van der Waals surface area contributed by atoms with Gasteiger partial charge in [0.15, 0.2) is 11.5 Å². The van der Waals surface area contributed by atoms with Crippen LogP contribution in [-0.2, 0) is 16.1 Å². The van der Waals surface area contributed by atoms with E-state index in [0.29, 0.717) is 49.7 Å². The minimum atomic E-state index is -0.0830. The number of rotatable bonds is 7. The topological polar surface area (TPSA) is 77.1 Å². The standard InChI is InChI=1S/C21H32N2O5/c1-13(2)18-17(26-4)11-16(19(27-5)20(18)28-6)12-22-21(25)15-7-9-23(10-8-15)14(3)24/h11,13,15H,7-10,12H2,1-6H3,(H,22,25). The van der Waals surface area contributed by atoms with Gasteiger partial charge in [-0.1, -0.05) is 13.8 Å². The summed E-state index contributed by atoms with van der Waals surface area (Å²) in [5.74, 6) is 2.12. The molecule has 1 aromatic rings. The lowest BCUT2D eigenvalue weighted by Crippen LogP contribution is -2.42. The van der Waals surface area contributed by atoms with Crippen LogP contribution >= 0.6 is 0 Å². The molecule has 0 unspecified atom stereocenters. The summed E-state index contributed by atoms with van der Waals surface area (Å²) in [5, 5.41) is 3.01. The zero-order chi connectivity index (χ0) is 20.8. The van der Waals surface area contributed by atoms with Crippen LogP contribution in [0, 0.1) is 5.92 Å². The molecular weight excluding hydrogens is 360 g/mol. The highest BCUT2D eigenvalue weighted by Gasteiger charge is 2.27. The number of hydrogen-bond donors (Lipinski definition) is 1. The van der Waals surface area contributed by atoms with E-state index in [1.807, 2.05) is 6.07 Å². The molecule has 0 saturated carbocycles. The van der Waals surface area contributed by atoms with Crippen LogP contribution in [0.4, 0.5) is 0 Å². The molecule has 0 atom stereocenters. The first-order chi connectivity index (χ1) is 13.3. The second-order valence-corrected chi connectivity index (χ2v) is 7.37. The molecule has 1 heterocycles. The molecule has 1 aromatic carbocycles. The van der Waals surface area contributed by atoms with Crippen molar-refractivity contribution in [2.75, 3.05) is 34.4 Å². The van der Waals surface area contributed by atoms with E-state index < -0.39 is 0 Å². The van der Waals surface area contributed by atoms with Crippen LogP contribution in [0.2, 0.25) is 0 Å². The van der Waals surface area contributed by atoms with Crippen molar-refractivity contribution in [3.63, 3.8) is 0 Å². The van der Waals surface area contributed by atoms with Gasteiger partial charge in [-0.05, 0) is 24.8 Å². The molecule has 1 N–H and O–H groups in total. The van der Waals surface area contributed by atoms with E-state index in [2.05, 4.69) is 19.2 Å². The summed E-state index contributed by atoms with van der Waals surface area (Å²) in [5.41, 5.74) is 1.74. The van der Waals surface area contributed by atoms with Crippen LogP contribution in [0.15, 0.2) is 6.07 Å². The fraction of sp³-hybridized carbons (Fsp3) is 0.619. The molecule has 2 amide bonds. The Morgan fingerprint density at radius 3 is 2.18 bits per heavy atom. The van der Waals surface area contributed by atoms with Gasteiger partial charge >= 0.3 is 0 Å². The highest BCUT2D eigenvalue weighted by atomic mass is 16.5. The predicted octanol–water partition coefficient (Wildman–Crippen LogP) is 2.71. The first kappa shape index (κ1) is 21.9. The summed E-state index contributed by atoms with van der Waals surface area (Å²) in [6.07, 6.45) is 1.36. The summed E-state index contributed by atoms with van der Waals surface area (Å²) in [6.45, 7) is 7.26. The number of benzene rings is 1. The van der Waals surface area contributed by atoms with Gasteiger partial charge < -0.3 is 24.4 Å². The molecule has 0 aliphatic carbocycles. The number of likely N-dealkylation sites (tertiary alicyclic amines) is 1. The number of methoxy groups -OCH3 is 3. The largest absolute Gasteiger partial charge is 0.496 e. The van der Waals surface area contributed by atoms with Gasteiger partial charge in [0.25, 0.3) is 0 Å². The maximum Gasteiger partial charge on any atom is 0.223 e. The van der Waals surface area contributed by atoms with Crippen molar-refractivity contribution in [2.45, 2.75) is 46.1 Å². The molecule has 1 saturated heterocycles. The molecule has 1 aliphatic heterocycles. The molecule has 0 aromatic heterocycles. The van der Waals surface area contributed by atoms with Crippen molar-refractivity contribution < 1.29 is 23.8 Å². The second kappa shape index (κ2) is 9.66. The van der Waals surface area contributed by atoms with Gasteiger partial charge in [0.2, 0.25) is 11.8 Å². The number of ether oxygens (including phenoxy) is 3. The molecule has 7 heteroatoms. The third-order valence-electron chi connectivity index (χ3n) is 5.28. The van der Waals surface area contributed by atoms with Gasteiger partial charge in [-0.15, -0.1) is 0 Å². The molecule has 0 bridgehead atoms. The van der Waals surface area contributed by atoms with E-state index in [1.54, 1.807) is 33.2 Å². The molecule has 7 nitrogen and oxygen atoms in total. The Labute approximate surface area is 167 Å². The number of nitrogens with zero attached hydrogens (tertiary/aromatic N) is 1. The van der Waals surface area contributed by atoms with Gasteiger partial charge in [-0.3, -0.25) is 9.59 Å². The van der Waals surface area contributed by atoms with Gasteiger partial charge in [-0.2, -0.15) is 0 Å². The molecular formula is C21H32N2O5. The average Bonchev–Trinajstić information content (AvgIpc) is 2.70. The third kappa shape index (κ3) is 4.69. The van der Waals surface area contributed by atoms with E-state index >= 15 is 0 Å². The summed E-state index contributed by atoms with van der Waals surface area (Å²) >= 11 is 0. The highest BCUT2D eigenvalue weighted by molar-refractivity contribution is 5.79. The van der Waals surface area contributed by atoms with Crippen molar-refractivity contribution in [3.8, 4) is 17.2 Å². The maximum atomic E-state index is 12.6. The first-order valence-electron chi connectivity index (χ1n) is 9.68. The van der Waals surface area contributed by atoms with E-state index in [9.17, 15) is 9.59 Å². The van der Waals surface area contributed by atoms with Crippen LogP contribution in [-0.4, -0.2) is 51.1 Å². The lowest BCUT2D eigenvalue weighted by atomic mass is 9.95. The summed E-state index contributed by atoms with van der Waals surface area (Å²) in [7, 11) is 4.82. The van der Waals surface area contributed by atoms with Crippen LogP contribution in [0.25, 0.3) is 0 Å². The number of carbonyl (C=O) groups excluding carboxylic acids is 2. The number of hydrogen-bond acceptors (Lipinski definition) is 5. The molecule has 28 heavy (non-hydrogen) atoms. The quantitative estimate of drug-likeness (QED) is 0.772. The lowest BCUT2D eigenvalue weighted by molar-refractivity contribution is -0.134. The molecule has 2 rings (SSSR count). The molecule has 0 spiro atoms. The minimum Gasteiger partial charge on any atom is -0.496 e. The van der Waals surface area contributed by atoms with Gasteiger partial charge in [0.1, 0.15) is 5.75 Å². The number of nitrogens with one attached hydrogen (secondary N) is 1. The number of carbonyl (C=O) groups is 2. The molecule has 1 aliphatic rings. The fourth-order valence-electron chi connectivity index (χ4n) is 3.74. The molecule has 156 valence electrons. The fourth-order valence-corrected chi connectivity index (χ4v) is 3.74. The zero-order valence-electron chi connectivity index (χ0n) is 17.8. The van der Waals surface area contributed by atoms with E-state index in [1.165, 1.54) is 0 Å². The van der Waals surface area contributed by atoms with Gasteiger partial charge in [0.05, 0.1) is 21.3 Å². The van der Waals surface area contributed by atoms with Crippen LogP contribution in [0.5, 0.6) is 17.2 Å². The van der Waals surface area contributed by atoms with Crippen LogP contribution in [0.3, 0.4) is 0 Å². The Balaban J connectivity index is 2.15. The van der Waals surface area contributed by atoms with E-state index in [4.69, 9.17) is 14.2 Å². The molecule has 0 radical (unpaired) electrons. The van der Waals surface area contributed by atoms with Crippen molar-refractivity contribution in [3.05, 3.63) is 17.2 Å². The Morgan fingerprint density at radius 1 is 1.11 bits per heavy atom. The first-order valence-corrected chi connectivity index (χ1v) is 9.68. The van der Waals surface area contributed by atoms with Gasteiger partial charge in [0, 0.05) is 43.6 Å².